The molecule has 0 saturated carbocycles. The lowest BCUT2D eigenvalue weighted by Gasteiger charge is -2.12. The quantitative estimate of drug-likeness (QED) is 0.188. The van der Waals surface area contributed by atoms with Gasteiger partial charge in [0.2, 0.25) is 4.96 Å². The number of aliphatic hydroxyl groups is 2. The first kappa shape index (κ1) is 26.2. The molecule has 4 heterocycles. The molecule has 0 spiro atoms. The summed E-state index contributed by atoms with van der Waals surface area (Å²) in [6.45, 7) is 0.526. The number of methoxy groups -OCH3 is 2. The molecule has 0 bridgehead atoms. The van der Waals surface area contributed by atoms with Crippen molar-refractivity contribution in [3.8, 4) is 38.7 Å². The first-order chi connectivity index (χ1) is 19.5. The zero-order valence-electron chi connectivity index (χ0n) is 21.5. The molecule has 0 aliphatic rings. The predicted molar refractivity (Wildman–Crippen MR) is 151 cm³/mol. The molecule has 0 fully saturated rings. The Hall–Kier alpha value is -4.01. The molecule has 2 aromatic carbocycles. The van der Waals surface area contributed by atoms with Gasteiger partial charge in [-0.1, -0.05) is 24.3 Å². The minimum Gasteiger partial charge on any atom is -0.496 e. The van der Waals surface area contributed by atoms with E-state index in [9.17, 15) is 5.11 Å². The van der Waals surface area contributed by atoms with E-state index >= 15 is 0 Å². The van der Waals surface area contributed by atoms with Crippen molar-refractivity contribution < 1.29 is 28.8 Å². The average Bonchev–Trinajstić information content (AvgIpc) is 3.77. The number of imidazole rings is 1. The molecule has 6 aromatic rings. The third-order valence-corrected chi connectivity index (χ3v) is 7.93. The van der Waals surface area contributed by atoms with Gasteiger partial charge in [-0.3, -0.25) is 5.32 Å². The van der Waals surface area contributed by atoms with Crippen molar-refractivity contribution in [2.24, 2.45) is 0 Å². The van der Waals surface area contributed by atoms with Gasteiger partial charge in [0.1, 0.15) is 40.6 Å². The van der Waals surface area contributed by atoms with Gasteiger partial charge < -0.3 is 28.8 Å². The van der Waals surface area contributed by atoms with Gasteiger partial charge in [0.05, 0.1) is 38.1 Å². The number of hydrogen-bond donors (Lipinski definition) is 3. The van der Waals surface area contributed by atoms with Crippen LogP contribution in [0, 0.1) is 0 Å². The third kappa shape index (κ3) is 5.24. The first-order valence-electron chi connectivity index (χ1n) is 12.3. The second kappa shape index (κ2) is 11.2. The summed E-state index contributed by atoms with van der Waals surface area (Å²) in [6.07, 6.45) is 0.953. The van der Waals surface area contributed by atoms with Crippen molar-refractivity contribution in [2.45, 2.75) is 12.8 Å². The zero-order valence-corrected chi connectivity index (χ0v) is 23.2. The Morgan fingerprint density at radius 1 is 1.10 bits per heavy atom. The predicted octanol–water partition coefficient (Wildman–Crippen LogP) is 4.50. The number of thiazole rings is 1. The summed E-state index contributed by atoms with van der Waals surface area (Å²) in [5.74, 6) is 1.80. The van der Waals surface area contributed by atoms with Crippen LogP contribution in [0.2, 0.25) is 0 Å². The van der Waals surface area contributed by atoms with Crippen LogP contribution in [0.25, 0.3) is 38.0 Å². The van der Waals surface area contributed by atoms with Crippen LogP contribution in [0.5, 0.6) is 16.7 Å². The summed E-state index contributed by atoms with van der Waals surface area (Å²) in [4.78, 5) is 10.0. The van der Waals surface area contributed by atoms with E-state index in [4.69, 9.17) is 28.7 Å². The maximum Gasteiger partial charge on any atom is 0.294 e. The molecule has 0 aliphatic heterocycles. The summed E-state index contributed by atoms with van der Waals surface area (Å²) >= 11 is 2.86. The lowest BCUT2D eigenvalue weighted by molar-refractivity contribution is 0.129. The van der Waals surface area contributed by atoms with E-state index in [0.29, 0.717) is 50.8 Å². The number of hydrogen-bond acceptors (Lipinski definition) is 12. The van der Waals surface area contributed by atoms with E-state index in [1.54, 1.807) is 24.9 Å². The minimum atomic E-state index is -0.838. The molecule has 3 N–H and O–H groups in total. The molecule has 1 unspecified atom stereocenters. The SMILES string of the molecule is COc1cc(OCc2csc(-c3ccc(C(O)NCCO)cc3)n2)c2cc(-c3cn4nc(OC)sc4n3)oc2c1. The summed E-state index contributed by atoms with van der Waals surface area (Å²) in [5.41, 5.74) is 3.69. The molecule has 0 amide bonds. The van der Waals surface area contributed by atoms with E-state index in [1.807, 2.05) is 47.8 Å². The monoisotopic (exact) mass is 579 g/mol. The van der Waals surface area contributed by atoms with Crippen molar-refractivity contribution in [2.75, 3.05) is 27.4 Å². The first-order valence-corrected chi connectivity index (χ1v) is 14.0. The summed E-state index contributed by atoms with van der Waals surface area (Å²) in [5, 5.41) is 30.3. The van der Waals surface area contributed by atoms with Crippen molar-refractivity contribution in [1.29, 1.82) is 0 Å². The van der Waals surface area contributed by atoms with E-state index in [0.717, 1.165) is 21.7 Å². The van der Waals surface area contributed by atoms with E-state index in [2.05, 4.69) is 15.4 Å². The third-order valence-electron chi connectivity index (χ3n) is 6.11. The van der Waals surface area contributed by atoms with Crippen molar-refractivity contribution in [1.82, 2.24) is 24.9 Å². The Morgan fingerprint density at radius 3 is 2.70 bits per heavy atom. The Kier molecular flexibility index (Phi) is 7.36. The van der Waals surface area contributed by atoms with Crippen LogP contribution in [-0.2, 0) is 6.61 Å². The van der Waals surface area contributed by atoms with Gasteiger partial charge in [-0.2, -0.15) is 0 Å². The fraction of sp³-hybridized carbons (Fsp3) is 0.222. The lowest BCUT2D eigenvalue weighted by atomic mass is 10.1. The number of ether oxygens (including phenoxy) is 3. The number of fused-ring (bicyclic) bond motifs is 2. The zero-order chi connectivity index (χ0) is 27.6. The van der Waals surface area contributed by atoms with E-state index < -0.39 is 6.23 Å². The fourth-order valence-corrected chi connectivity index (χ4v) is 5.62. The summed E-state index contributed by atoms with van der Waals surface area (Å²) < 4.78 is 24.6. The van der Waals surface area contributed by atoms with Gasteiger partial charge in [-0.05, 0) is 23.0 Å². The van der Waals surface area contributed by atoms with Crippen LogP contribution in [0.15, 0.2) is 58.5 Å². The normalized spacial score (nSPS) is 12.3. The molecule has 206 valence electrons. The summed E-state index contributed by atoms with van der Waals surface area (Å²) in [6, 6.07) is 13.0. The molecule has 0 saturated heterocycles. The van der Waals surface area contributed by atoms with Crippen LogP contribution in [0.1, 0.15) is 17.5 Å². The highest BCUT2D eigenvalue weighted by molar-refractivity contribution is 7.18. The van der Waals surface area contributed by atoms with Crippen LogP contribution < -0.4 is 19.5 Å². The Balaban J connectivity index is 1.20. The summed E-state index contributed by atoms with van der Waals surface area (Å²) in [7, 11) is 3.17. The van der Waals surface area contributed by atoms with Crippen LogP contribution in [0.4, 0.5) is 0 Å². The molecule has 11 nitrogen and oxygen atoms in total. The number of furan rings is 1. The maximum atomic E-state index is 10.1. The molecular weight excluding hydrogens is 554 g/mol. The average molecular weight is 580 g/mol. The van der Waals surface area contributed by atoms with E-state index in [-0.39, 0.29) is 13.2 Å². The smallest absolute Gasteiger partial charge is 0.294 e. The Labute approximate surface area is 236 Å². The number of benzene rings is 2. The molecule has 4 aromatic heterocycles. The lowest BCUT2D eigenvalue weighted by Crippen LogP contribution is -2.23. The molecule has 0 radical (unpaired) electrons. The maximum absolute atomic E-state index is 10.1. The van der Waals surface area contributed by atoms with Gasteiger partial charge in [-0.25, -0.2) is 14.5 Å². The molecule has 6 rings (SSSR count). The molecule has 0 aliphatic carbocycles. The molecule has 40 heavy (non-hydrogen) atoms. The van der Waals surface area contributed by atoms with Crippen molar-refractivity contribution in [3.63, 3.8) is 0 Å². The molecule has 1 atom stereocenters. The second-order valence-electron chi connectivity index (χ2n) is 8.71. The minimum absolute atomic E-state index is 0.0425. The highest BCUT2D eigenvalue weighted by atomic mass is 32.1. The van der Waals surface area contributed by atoms with Crippen LogP contribution in [0.3, 0.4) is 0 Å². The molecule has 13 heteroatoms. The van der Waals surface area contributed by atoms with Gasteiger partial charge >= 0.3 is 0 Å². The Bertz CT molecular complexity index is 1730. The largest absolute Gasteiger partial charge is 0.496 e. The number of aromatic nitrogens is 4. The van der Waals surface area contributed by atoms with Gasteiger partial charge in [-0.15, -0.1) is 16.4 Å². The number of rotatable bonds is 11. The van der Waals surface area contributed by atoms with Gasteiger partial charge in [0.25, 0.3) is 5.19 Å². The van der Waals surface area contributed by atoms with Crippen LogP contribution >= 0.6 is 22.7 Å². The topological polar surface area (TPSA) is 136 Å². The second-order valence-corrected chi connectivity index (χ2v) is 10.5. The standard InChI is InChI=1S/C27H25N5O6S2/c1-35-18-9-21(19-11-23(38-22(19)10-18)20-12-32-26(30-20)40-27(31-32)36-2)37-13-17-14-39-25(29-17)16-5-3-15(4-6-16)24(34)28-7-8-33/h3-6,9-12,14,24,28,33-34H,7-8,13H2,1-2H3. The number of nitrogens with zero attached hydrogens (tertiary/aromatic N) is 4. The Morgan fingerprint density at radius 2 is 1.95 bits per heavy atom. The number of aliphatic hydroxyl groups excluding tert-OH is 2. The fourth-order valence-electron chi connectivity index (χ4n) is 4.11. The van der Waals surface area contributed by atoms with Crippen molar-refractivity contribution in [3.05, 3.63) is 65.3 Å². The highest BCUT2D eigenvalue weighted by Crippen LogP contribution is 2.38. The highest BCUT2D eigenvalue weighted by Gasteiger charge is 2.18. The van der Waals surface area contributed by atoms with E-state index in [1.165, 1.54) is 22.7 Å². The molecular formula is C27H25N5O6S2. The van der Waals surface area contributed by atoms with Crippen molar-refractivity contribution >= 4 is 38.6 Å². The van der Waals surface area contributed by atoms with Crippen LogP contribution in [-0.4, -0.2) is 57.2 Å². The number of nitrogens with one attached hydrogen (secondary N) is 1. The van der Waals surface area contributed by atoms with Gasteiger partial charge in [0.15, 0.2) is 5.76 Å². The van der Waals surface area contributed by atoms with Gasteiger partial charge in [0, 0.05) is 29.6 Å².